The Hall–Kier alpha value is -0.430. The molecule has 2 N–H and O–H groups in total. The fourth-order valence-corrected chi connectivity index (χ4v) is 4.10. The first-order chi connectivity index (χ1) is 8.94. The molecule has 0 spiro atoms. The number of benzene rings is 1. The molecular weight excluding hydrogens is 328 g/mol. The summed E-state index contributed by atoms with van der Waals surface area (Å²) < 4.78 is 28.2. The Morgan fingerprint density at radius 2 is 2.05 bits per heavy atom. The Balaban J connectivity index is 2.34. The predicted octanol–water partition coefficient (Wildman–Crippen LogP) is 2.31. The van der Waals surface area contributed by atoms with E-state index in [-0.39, 0.29) is 6.04 Å². The van der Waals surface area contributed by atoms with Gasteiger partial charge in [-0.1, -0.05) is 22.9 Å². The van der Waals surface area contributed by atoms with E-state index in [2.05, 4.69) is 26.0 Å². The van der Waals surface area contributed by atoms with Crippen LogP contribution in [0.5, 0.6) is 0 Å². The van der Waals surface area contributed by atoms with E-state index < -0.39 is 10.0 Å². The van der Waals surface area contributed by atoms with Gasteiger partial charge in [-0.25, -0.2) is 13.1 Å². The molecule has 1 saturated carbocycles. The summed E-state index contributed by atoms with van der Waals surface area (Å²) in [6, 6.07) is 3.85. The lowest BCUT2D eigenvalue weighted by molar-refractivity contribution is 0.580. The first-order valence-corrected chi connectivity index (χ1v) is 8.73. The van der Waals surface area contributed by atoms with E-state index in [9.17, 15) is 8.42 Å². The van der Waals surface area contributed by atoms with E-state index in [4.69, 9.17) is 0 Å². The molecule has 1 aromatic rings. The quantitative estimate of drug-likeness (QED) is 0.830. The summed E-state index contributed by atoms with van der Waals surface area (Å²) in [5.41, 5.74) is 1.73. The van der Waals surface area contributed by atoms with Gasteiger partial charge in [-0.2, -0.15) is 0 Å². The zero-order valence-electron chi connectivity index (χ0n) is 11.2. The van der Waals surface area contributed by atoms with Gasteiger partial charge in [-0.05, 0) is 49.6 Å². The molecule has 2 rings (SSSR count). The highest BCUT2D eigenvalue weighted by Crippen LogP contribution is 2.28. The second-order valence-electron chi connectivity index (χ2n) is 4.88. The van der Waals surface area contributed by atoms with E-state index in [0.29, 0.717) is 11.4 Å². The van der Waals surface area contributed by atoms with E-state index >= 15 is 0 Å². The van der Waals surface area contributed by atoms with Crippen LogP contribution in [0.4, 0.5) is 0 Å². The highest BCUT2D eigenvalue weighted by atomic mass is 79.9. The molecule has 0 bridgehead atoms. The molecule has 0 atom stereocenters. The van der Waals surface area contributed by atoms with Gasteiger partial charge in [0.25, 0.3) is 0 Å². The van der Waals surface area contributed by atoms with Crippen LogP contribution in [0.1, 0.15) is 30.9 Å². The van der Waals surface area contributed by atoms with Crippen LogP contribution in [0.2, 0.25) is 0 Å². The van der Waals surface area contributed by atoms with Gasteiger partial charge in [0.05, 0.1) is 4.90 Å². The SMILES string of the molecule is CCNCc1cc(Br)c(C)c(S(=O)(=O)NC2CC2)c1. The molecule has 0 heterocycles. The van der Waals surface area contributed by atoms with Crippen LogP contribution in [-0.4, -0.2) is 21.0 Å². The maximum Gasteiger partial charge on any atom is 0.241 e. The van der Waals surface area contributed by atoms with Crippen molar-refractivity contribution in [3.05, 3.63) is 27.7 Å². The lowest BCUT2D eigenvalue weighted by Gasteiger charge is -2.13. The summed E-state index contributed by atoms with van der Waals surface area (Å²) in [7, 11) is -3.41. The van der Waals surface area contributed by atoms with Crippen LogP contribution in [0.3, 0.4) is 0 Å². The van der Waals surface area contributed by atoms with Crippen LogP contribution in [0, 0.1) is 6.92 Å². The van der Waals surface area contributed by atoms with Gasteiger partial charge in [-0.15, -0.1) is 0 Å². The van der Waals surface area contributed by atoms with Crippen LogP contribution >= 0.6 is 15.9 Å². The number of nitrogens with one attached hydrogen (secondary N) is 2. The maximum atomic E-state index is 12.3. The van der Waals surface area contributed by atoms with Gasteiger partial charge in [0.15, 0.2) is 0 Å². The Labute approximate surface area is 123 Å². The number of sulfonamides is 1. The first-order valence-electron chi connectivity index (χ1n) is 6.46. The molecule has 1 aliphatic carbocycles. The molecule has 6 heteroatoms. The largest absolute Gasteiger partial charge is 0.313 e. The fraction of sp³-hybridized carbons (Fsp3) is 0.538. The number of halogens is 1. The van der Waals surface area contributed by atoms with E-state index in [0.717, 1.165) is 35.0 Å². The number of hydrogen-bond acceptors (Lipinski definition) is 3. The lowest BCUT2D eigenvalue weighted by Crippen LogP contribution is -2.26. The van der Waals surface area contributed by atoms with Crippen molar-refractivity contribution < 1.29 is 8.42 Å². The summed E-state index contributed by atoms with van der Waals surface area (Å²) >= 11 is 3.44. The van der Waals surface area contributed by atoms with Crippen LogP contribution in [0.15, 0.2) is 21.5 Å². The Morgan fingerprint density at radius 1 is 1.37 bits per heavy atom. The molecule has 1 aromatic carbocycles. The van der Waals surface area contributed by atoms with Crippen molar-refractivity contribution in [3.63, 3.8) is 0 Å². The lowest BCUT2D eigenvalue weighted by atomic mass is 10.1. The van der Waals surface area contributed by atoms with E-state index in [1.165, 1.54) is 0 Å². The zero-order chi connectivity index (χ0) is 14.0. The van der Waals surface area contributed by atoms with E-state index in [1.54, 1.807) is 6.07 Å². The minimum Gasteiger partial charge on any atom is -0.313 e. The number of hydrogen-bond donors (Lipinski definition) is 2. The summed E-state index contributed by atoms with van der Waals surface area (Å²) in [6.45, 7) is 5.37. The van der Waals surface area contributed by atoms with Crippen molar-refractivity contribution in [1.82, 2.24) is 10.0 Å². The molecule has 4 nitrogen and oxygen atoms in total. The average molecular weight is 347 g/mol. The maximum absolute atomic E-state index is 12.3. The van der Waals surface area contributed by atoms with Gasteiger partial charge in [0.2, 0.25) is 10.0 Å². The molecule has 0 aromatic heterocycles. The molecule has 1 fully saturated rings. The zero-order valence-corrected chi connectivity index (χ0v) is 13.6. The van der Waals surface area contributed by atoms with E-state index in [1.807, 2.05) is 19.9 Å². The van der Waals surface area contributed by atoms with Crippen LogP contribution < -0.4 is 10.0 Å². The van der Waals surface area contributed by atoms with Crippen molar-refractivity contribution in [2.45, 2.75) is 44.2 Å². The van der Waals surface area contributed by atoms with Crippen molar-refractivity contribution in [2.75, 3.05) is 6.54 Å². The molecule has 1 aliphatic rings. The molecule has 19 heavy (non-hydrogen) atoms. The highest BCUT2D eigenvalue weighted by Gasteiger charge is 2.29. The minimum atomic E-state index is -3.41. The Kier molecular flexibility index (Phi) is 4.66. The van der Waals surface area contributed by atoms with Crippen molar-refractivity contribution in [2.24, 2.45) is 0 Å². The normalized spacial score (nSPS) is 15.7. The molecule has 106 valence electrons. The standard InChI is InChI=1S/C13H19BrN2O2S/c1-3-15-8-10-6-12(14)9(2)13(7-10)19(17,18)16-11-4-5-11/h6-7,11,15-16H,3-5,8H2,1-2H3. The molecule has 0 unspecified atom stereocenters. The Bertz CT molecular complexity index is 568. The van der Waals surface area contributed by atoms with Gasteiger partial charge in [-0.3, -0.25) is 0 Å². The monoisotopic (exact) mass is 346 g/mol. The third kappa shape index (κ3) is 3.78. The average Bonchev–Trinajstić information content (AvgIpc) is 3.13. The fourth-order valence-electron chi connectivity index (χ4n) is 1.84. The van der Waals surface area contributed by atoms with Gasteiger partial charge < -0.3 is 5.32 Å². The van der Waals surface area contributed by atoms with Gasteiger partial charge in [0, 0.05) is 17.1 Å². The topological polar surface area (TPSA) is 58.2 Å². The van der Waals surface area contributed by atoms with Crippen LogP contribution in [-0.2, 0) is 16.6 Å². The predicted molar refractivity (Wildman–Crippen MR) is 79.6 cm³/mol. The molecule has 0 saturated heterocycles. The van der Waals surface area contributed by atoms with Crippen LogP contribution in [0.25, 0.3) is 0 Å². The molecular formula is C13H19BrN2O2S. The van der Waals surface area contributed by atoms with Crippen molar-refractivity contribution >= 4 is 26.0 Å². The highest BCUT2D eigenvalue weighted by molar-refractivity contribution is 9.10. The summed E-state index contributed by atoms with van der Waals surface area (Å²) in [5.74, 6) is 0. The third-order valence-electron chi connectivity index (χ3n) is 3.12. The van der Waals surface area contributed by atoms with Gasteiger partial charge >= 0.3 is 0 Å². The van der Waals surface area contributed by atoms with Crippen molar-refractivity contribution in [1.29, 1.82) is 0 Å². The molecule has 0 amide bonds. The summed E-state index contributed by atoms with van der Waals surface area (Å²) in [6.07, 6.45) is 1.88. The minimum absolute atomic E-state index is 0.126. The van der Waals surface area contributed by atoms with Gasteiger partial charge in [0.1, 0.15) is 0 Å². The summed E-state index contributed by atoms with van der Waals surface area (Å²) in [5, 5.41) is 3.21. The summed E-state index contributed by atoms with van der Waals surface area (Å²) in [4.78, 5) is 0.377. The second kappa shape index (κ2) is 5.91. The first kappa shape index (κ1) is 15.0. The number of rotatable bonds is 6. The third-order valence-corrected chi connectivity index (χ3v) is 5.59. The second-order valence-corrected chi connectivity index (χ2v) is 7.41. The Morgan fingerprint density at radius 3 is 2.63 bits per heavy atom. The molecule has 0 radical (unpaired) electrons. The van der Waals surface area contributed by atoms with Crippen molar-refractivity contribution in [3.8, 4) is 0 Å². The molecule has 0 aliphatic heterocycles. The smallest absolute Gasteiger partial charge is 0.241 e.